The van der Waals surface area contributed by atoms with Gasteiger partial charge in [-0.25, -0.2) is 5.84 Å². The lowest BCUT2D eigenvalue weighted by Gasteiger charge is -2.32. The Balaban J connectivity index is 2.96. The molecule has 2 amide bonds. The van der Waals surface area contributed by atoms with Crippen molar-refractivity contribution in [3.05, 3.63) is 0 Å². The second-order valence-corrected chi connectivity index (χ2v) is 5.93. The van der Waals surface area contributed by atoms with E-state index in [1.165, 1.54) is 6.92 Å². The maximum Gasteiger partial charge on any atom is 0.495 e. The van der Waals surface area contributed by atoms with Crippen molar-refractivity contribution in [2.24, 2.45) is 5.84 Å². The van der Waals surface area contributed by atoms with Gasteiger partial charge in [0.25, 0.3) is 5.91 Å². The second kappa shape index (κ2) is 6.22. The molecule has 1 aliphatic rings. The van der Waals surface area contributed by atoms with Crippen LogP contribution in [0.25, 0.3) is 0 Å². The van der Waals surface area contributed by atoms with Crippen LogP contribution in [0, 0.1) is 0 Å². The Bertz CT molecular complexity index is 363. The average molecular weight is 275 g/mol. The Labute approximate surface area is 107 Å². The summed E-state index contributed by atoms with van der Waals surface area (Å²) in [5.41, 5.74) is 0. The van der Waals surface area contributed by atoms with Crippen LogP contribution in [0.3, 0.4) is 0 Å². The number of nitrogens with two attached hydrogens (primary N) is 1. The summed E-state index contributed by atoms with van der Waals surface area (Å²) in [4.78, 5) is 23.2. The minimum Gasteiger partial charge on any atom is -0.275 e. The number of piperidine rings is 1. The monoisotopic (exact) mass is 275 g/mol. The fourth-order valence-corrected chi connectivity index (χ4v) is 3.34. The number of hydrazine groups is 1. The lowest BCUT2D eigenvalue weighted by atomic mass is 10.1. The van der Waals surface area contributed by atoms with Gasteiger partial charge >= 0.3 is 19.1 Å². The Morgan fingerprint density at radius 2 is 2.28 bits per heavy atom. The molecule has 0 bridgehead atoms. The Kier molecular flexibility index (Phi) is 5.19. The van der Waals surface area contributed by atoms with E-state index in [-0.39, 0.29) is 0 Å². The van der Waals surface area contributed by atoms with Gasteiger partial charge in [-0.05, 0) is 24.0 Å². The molecule has 1 heterocycles. The minimum absolute atomic E-state index is 0.412. The van der Waals surface area contributed by atoms with Crippen LogP contribution in [0.4, 0.5) is 0 Å². The smallest absolute Gasteiger partial charge is 0.275 e. The van der Waals surface area contributed by atoms with E-state index in [0.717, 1.165) is 11.4 Å². The highest BCUT2D eigenvalue weighted by Crippen LogP contribution is 2.40. The van der Waals surface area contributed by atoms with Gasteiger partial charge in [-0.15, -0.1) is 5.09 Å². The molecule has 0 aliphatic carbocycles. The second-order valence-electron chi connectivity index (χ2n) is 4.35. The van der Waals surface area contributed by atoms with E-state index in [2.05, 4.69) is 10.4 Å². The molecule has 1 aliphatic heterocycles. The van der Waals surface area contributed by atoms with E-state index >= 15 is 0 Å². The van der Waals surface area contributed by atoms with Crippen molar-refractivity contribution in [1.82, 2.24) is 15.4 Å². The van der Waals surface area contributed by atoms with Gasteiger partial charge in [0.2, 0.25) is 0 Å². The molecular weight excluding hydrogens is 255 g/mol. The molecule has 7 nitrogen and oxygen atoms in total. The summed E-state index contributed by atoms with van der Waals surface area (Å²) in [6, 6.07) is 0. The molecule has 1 saturated heterocycles. The van der Waals surface area contributed by atoms with Crippen molar-refractivity contribution in [1.29, 1.82) is 0 Å². The van der Waals surface area contributed by atoms with Gasteiger partial charge in [0.1, 0.15) is 0 Å². The van der Waals surface area contributed by atoms with Gasteiger partial charge in [-0.3, -0.25) is 19.9 Å². The highest BCUT2D eigenvalue weighted by atomic mass is 31.1. The molecule has 1 rings (SSSR count). The fraction of sp³-hybridized carbons (Fsp3) is 0.800. The third-order valence-electron chi connectivity index (χ3n) is 2.83. The molecular formula is C10H20N4O3P+. The van der Waals surface area contributed by atoms with Gasteiger partial charge in [-0.1, -0.05) is 6.92 Å². The highest BCUT2D eigenvalue weighted by Gasteiger charge is 2.59. The molecule has 0 aromatic carbocycles. The predicted octanol–water partition coefficient (Wildman–Crippen LogP) is 0.0569. The van der Waals surface area contributed by atoms with E-state index < -0.39 is 25.0 Å². The largest absolute Gasteiger partial charge is 0.495 e. The first kappa shape index (κ1) is 15.0. The van der Waals surface area contributed by atoms with Crippen LogP contribution in [0.1, 0.15) is 33.1 Å². The number of nitrogens with one attached hydrogen (secondary N) is 2. The van der Waals surface area contributed by atoms with Gasteiger partial charge in [-0.2, -0.15) is 0 Å². The van der Waals surface area contributed by atoms with Crippen LogP contribution in [0.2, 0.25) is 0 Å². The number of nitrogens with zero attached hydrogens (tertiary/aromatic N) is 1. The first-order valence-electron chi connectivity index (χ1n) is 6.00. The zero-order chi connectivity index (χ0) is 13.8. The summed E-state index contributed by atoms with van der Waals surface area (Å²) in [6.45, 7) is 4.20. The SMILES string of the molecule is CCCN[C@]1([P+](=O)NC(C)=O)CCCN(N)C1=O. The highest BCUT2D eigenvalue weighted by molar-refractivity contribution is 7.46. The lowest BCUT2D eigenvalue weighted by Crippen LogP contribution is -2.62. The number of carbonyl (C=O) groups is 2. The molecule has 18 heavy (non-hydrogen) atoms. The summed E-state index contributed by atoms with van der Waals surface area (Å²) in [5, 5.41) is 5.13. The van der Waals surface area contributed by atoms with E-state index in [4.69, 9.17) is 5.84 Å². The van der Waals surface area contributed by atoms with Gasteiger partial charge < -0.3 is 0 Å². The van der Waals surface area contributed by atoms with Crippen LogP contribution in [0.5, 0.6) is 0 Å². The maximum atomic E-state index is 12.2. The van der Waals surface area contributed by atoms with Gasteiger partial charge in [0.05, 0.1) is 0 Å². The number of carbonyl (C=O) groups excluding carboxylic acids is 2. The van der Waals surface area contributed by atoms with Crippen molar-refractivity contribution >= 4 is 19.8 Å². The zero-order valence-corrected chi connectivity index (χ0v) is 11.6. The molecule has 4 N–H and O–H groups in total. The molecule has 0 aromatic rings. The predicted molar refractivity (Wildman–Crippen MR) is 67.6 cm³/mol. The minimum atomic E-state index is -2.23. The number of amides is 2. The van der Waals surface area contributed by atoms with Crippen LogP contribution >= 0.6 is 7.95 Å². The van der Waals surface area contributed by atoms with Crippen molar-refractivity contribution in [3.8, 4) is 0 Å². The Hall–Kier alpha value is -1.04. The Morgan fingerprint density at radius 3 is 2.83 bits per heavy atom. The summed E-state index contributed by atoms with van der Waals surface area (Å²) < 4.78 is 12.2. The number of hydrogen-bond donors (Lipinski definition) is 3. The fourth-order valence-electron chi connectivity index (χ4n) is 1.95. The summed E-state index contributed by atoms with van der Waals surface area (Å²) >= 11 is 0. The van der Waals surface area contributed by atoms with E-state index in [1.807, 2.05) is 6.92 Å². The maximum absolute atomic E-state index is 12.2. The topological polar surface area (TPSA) is 105 Å². The van der Waals surface area contributed by atoms with Crippen molar-refractivity contribution in [3.63, 3.8) is 0 Å². The van der Waals surface area contributed by atoms with Crippen LogP contribution < -0.4 is 16.2 Å². The normalized spacial score (nSPS) is 24.9. The van der Waals surface area contributed by atoms with Crippen molar-refractivity contribution < 1.29 is 14.2 Å². The van der Waals surface area contributed by atoms with Gasteiger partial charge in [0.15, 0.2) is 0 Å². The summed E-state index contributed by atoms with van der Waals surface area (Å²) in [5.74, 6) is 4.76. The number of rotatable bonds is 5. The molecule has 0 aromatic heterocycles. The van der Waals surface area contributed by atoms with E-state index in [9.17, 15) is 14.2 Å². The first-order chi connectivity index (χ1) is 8.44. The quantitative estimate of drug-likeness (QED) is 0.374. The number of hydrogen-bond acceptors (Lipinski definition) is 5. The van der Waals surface area contributed by atoms with Crippen LogP contribution in [-0.2, 0) is 14.2 Å². The molecule has 0 radical (unpaired) electrons. The van der Waals surface area contributed by atoms with Crippen LogP contribution in [-0.4, -0.2) is 35.2 Å². The molecule has 2 atom stereocenters. The molecule has 0 saturated carbocycles. The average Bonchev–Trinajstić information content (AvgIpc) is 2.30. The molecule has 1 unspecified atom stereocenters. The molecule has 8 heteroatoms. The van der Waals surface area contributed by atoms with E-state index in [1.54, 1.807) is 0 Å². The third kappa shape index (κ3) is 3.04. The van der Waals surface area contributed by atoms with Crippen molar-refractivity contribution in [2.45, 2.75) is 38.4 Å². The Morgan fingerprint density at radius 1 is 1.61 bits per heavy atom. The van der Waals surface area contributed by atoms with E-state index in [0.29, 0.717) is 25.9 Å². The van der Waals surface area contributed by atoms with Gasteiger partial charge in [0, 0.05) is 19.9 Å². The van der Waals surface area contributed by atoms with Crippen LogP contribution in [0.15, 0.2) is 0 Å². The summed E-state index contributed by atoms with van der Waals surface area (Å²) in [6.07, 6.45) is 1.86. The standard InChI is InChI=1S/C10H19N4O3P/c1-3-6-12-10(18(17)13-8(2)15)5-4-7-14(11)9(10)16/h12H,3-7,11H2,1-2H3/p+1/t10-/m0/s1. The zero-order valence-electron chi connectivity index (χ0n) is 10.7. The first-order valence-corrected chi connectivity index (χ1v) is 7.26. The molecule has 0 spiro atoms. The lowest BCUT2D eigenvalue weighted by molar-refractivity contribution is -0.138. The third-order valence-corrected chi connectivity index (χ3v) is 4.61. The molecule has 102 valence electrons. The molecule has 1 fully saturated rings. The van der Waals surface area contributed by atoms with Crippen molar-refractivity contribution in [2.75, 3.05) is 13.1 Å². The summed E-state index contributed by atoms with van der Waals surface area (Å²) in [7, 11) is -2.23.